The van der Waals surface area contributed by atoms with Crippen LogP contribution in [0, 0.1) is 5.92 Å². The molecule has 0 N–H and O–H groups in total. The first-order chi connectivity index (χ1) is 13.9. The van der Waals surface area contributed by atoms with E-state index in [0.29, 0.717) is 19.5 Å². The maximum atomic E-state index is 13.0. The van der Waals surface area contributed by atoms with E-state index in [2.05, 4.69) is 41.3 Å². The van der Waals surface area contributed by atoms with Crippen molar-refractivity contribution in [3.05, 3.63) is 59.2 Å². The molecule has 1 saturated heterocycles. The quantitative estimate of drug-likeness (QED) is 0.786. The highest BCUT2D eigenvalue weighted by molar-refractivity contribution is 6.00. The van der Waals surface area contributed by atoms with Crippen molar-refractivity contribution in [1.29, 1.82) is 0 Å². The standard InChI is InChI=1S/C24H29N3O2/c1-25(2)21-10-7-17(8-11-21)15-26(3)24(29)20-14-23(28)27(16-20)22-12-9-18-5-4-6-19(18)13-22/h7-13,20H,4-6,14-16H2,1-3H3. The number of nitrogens with zero attached hydrogens (tertiary/aromatic N) is 3. The van der Waals surface area contributed by atoms with Gasteiger partial charge in [0.15, 0.2) is 0 Å². The number of anilines is 2. The first-order valence-electron chi connectivity index (χ1n) is 10.4. The molecule has 1 heterocycles. The fourth-order valence-corrected chi connectivity index (χ4v) is 4.41. The summed E-state index contributed by atoms with van der Waals surface area (Å²) in [5.74, 6) is -0.189. The van der Waals surface area contributed by atoms with Crippen molar-refractivity contribution < 1.29 is 9.59 Å². The third-order valence-electron chi connectivity index (χ3n) is 6.12. The van der Waals surface area contributed by atoms with E-state index in [1.54, 1.807) is 9.80 Å². The zero-order valence-corrected chi connectivity index (χ0v) is 17.5. The summed E-state index contributed by atoms with van der Waals surface area (Å²) in [4.78, 5) is 31.2. The summed E-state index contributed by atoms with van der Waals surface area (Å²) in [6.45, 7) is 1.02. The molecule has 1 atom stereocenters. The lowest BCUT2D eigenvalue weighted by Gasteiger charge is -2.22. The molecule has 2 aromatic carbocycles. The summed E-state index contributed by atoms with van der Waals surface area (Å²) in [6.07, 6.45) is 3.70. The molecule has 0 radical (unpaired) electrons. The normalized spacial score (nSPS) is 18.1. The van der Waals surface area contributed by atoms with Crippen LogP contribution in [0.4, 0.5) is 11.4 Å². The molecule has 2 aromatic rings. The van der Waals surface area contributed by atoms with Crippen LogP contribution in [0.25, 0.3) is 0 Å². The van der Waals surface area contributed by atoms with Gasteiger partial charge in [-0.3, -0.25) is 9.59 Å². The summed E-state index contributed by atoms with van der Waals surface area (Å²) < 4.78 is 0. The number of benzene rings is 2. The lowest BCUT2D eigenvalue weighted by Crippen LogP contribution is -2.34. The Kier molecular flexibility index (Phi) is 5.31. The van der Waals surface area contributed by atoms with E-state index in [1.807, 2.05) is 27.2 Å². The van der Waals surface area contributed by atoms with Gasteiger partial charge in [-0.15, -0.1) is 0 Å². The van der Waals surface area contributed by atoms with Crippen molar-refractivity contribution in [1.82, 2.24) is 4.90 Å². The average molecular weight is 392 g/mol. The average Bonchev–Trinajstić information content (AvgIpc) is 3.33. The van der Waals surface area contributed by atoms with E-state index in [4.69, 9.17) is 0 Å². The maximum Gasteiger partial charge on any atom is 0.228 e. The van der Waals surface area contributed by atoms with Gasteiger partial charge in [-0.2, -0.15) is 0 Å². The highest BCUT2D eigenvalue weighted by Crippen LogP contribution is 2.31. The molecule has 2 amide bonds. The number of fused-ring (bicyclic) bond motifs is 1. The van der Waals surface area contributed by atoms with Gasteiger partial charge >= 0.3 is 0 Å². The summed E-state index contributed by atoms with van der Waals surface area (Å²) in [5.41, 5.74) is 5.91. The first-order valence-corrected chi connectivity index (χ1v) is 10.4. The van der Waals surface area contributed by atoms with Gasteiger partial charge in [0, 0.05) is 52.0 Å². The smallest absolute Gasteiger partial charge is 0.228 e. The molecule has 5 nitrogen and oxygen atoms in total. The van der Waals surface area contributed by atoms with Gasteiger partial charge in [-0.25, -0.2) is 0 Å². The van der Waals surface area contributed by atoms with Crippen LogP contribution in [0.1, 0.15) is 29.5 Å². The fraction of sp³-hybridized carbons (Fsp3) is 0.417. The third-order valence-corrected chi connectivity index (χ3v) is 6.12. The second kappa shape index (κ2) is 7.90. The molecule has 2 aliphatic rings. The van der Waals surface area contributed by atoms with Crippen LogP contribution >= 0.6 is 0 Å². The summed E-state index contributed by atoms with van der Waals surface area (Å²) >= 11 is 0. The Hall–Kier alpha value is -2.82. The molecular weight excluding hydrogens is 362 g/mol. The van der Waals surface area contributed by atoms with E-state index < -0.39 is 0 Å². The monoisotopic (exact) mass is 391 g/mol. The number of carbonyl (C=O) groups is 2. The van der Waals surface area contributed by atoms with Crippen LogP contribution in [0.3, 0.4) is 0 Å². The zero-order chi connectivity index (χ0) is 20.5. The molecule has 0 spiro atoms. The van der Waals surface area contributed by atoms with Crippen molar-refractivity contribution in [3.8, 4) is 0 Å². The molecule has 1 fully saturated rings. The summed E-state index contributed by atoms with van der Waals surface area (Å²) in [6, 6.07) is 14.5. The van der Waals surface area contributed by atoms with Crippen molar-refractivity contribution >= 4 is 23.2 Å². The largest absolute Gasteiger partial charge is 0.378 e. The predicted octanol–water partition coefficient (Wildman–Crippen LogP) is 3.25. The van der Waals surface area contributed by atoms with Crippen molar-refractivity contribution in [2.75, 3.05) is 37.5 Å². The molecule has 1 aliphatic heterocycles. The number of hydrogen-bond donors (Lipinski definition) is 0. The Bertz CT molecular complexity index is 920. The van der Waals surface area contributed by atoms with Gasteiger partial charge in [0.2, 0.25) is 11.8 Å². The molecule has 0 aromatic heterocycles. The Balaban J connectivity index is 1.40. The molecule has 4 rings (SSSR count). The molecular formula is C24H29N3O2. The summed E-state index contributed by atoms with van der Waals surface area (Å²) in [5, 5.41) is 0. The van der Waals surface area contributed by atoms with Gasteiger partial charge in [-0.05, 0) is 60.2 Å². The molecule has 1 unspecified atom stereocenters. The minimum Gasteiger partial charge on any atom is -0.378 e. The van der Waals surface area contributed by atoms with Gasteiger partial charge in [0.1, 0.15) is 0 Å². The van der Waals surface area contributed by atoms with Crippen LogP contribution in [-0.2, 0) is 29.0 Å². The van der Waals surface area contributed by atoms with Gasteiger partial charge < -0.3 is 14.7 Å². The minimum atomic E-state index is -0.276. The number of carbonyl (C=O) groups excluding carboxylic acids is 2. The molecule has 152 valence electrons. The Morgan fingerprint density at radius 2 is 1.76 bits per heavy atom. The van der Waals surface area contributed by atoms with Crippen molar-refractivity contribution in [2.24, 2.45) is 5.92 Å². The van der Waals surface area contributed by atoms with Crippen LogP contribution in [-0.4, -0.2) is 44.4 Å². The molecule has 0 saturated carbocycles. The van der Waals surface area contributed by atoms with Gasteiger partial charge in [0.05, 0.1) is 5.92 Å². The second-order valence-corrected chi connectivity index (χ2v) is 8.47. The molecule has 0 bridgehead atoms. The second-order valence-electron chi connectivity index (χ2n) is 8.47. The highest BCUT2D eigenvalue weighted by atomic mass is 16.2. The predicted molar refractivity (Wildman–Crippen MR) is 116 cm³/mol. The SMILES string of the molecule is CN(Cc1ccc(N(C)C)cc1)C(=O)C1CC(=O)N(c2ccc3c(c2)CCC3)C1. The maximum absolute atomic E-state index is 13.0. The van der Waals surface area contributed by atoms with E-state index in [0.717, 1.165) is 29.8 Å². The lowest BCUT2D eigenvalue weighted by molar-refractivity contribution is -0.135. The van der Waals surface area contributed by atoms with Crippen LogP contribution in [0.5, 0.6) is 0 Å². The number of aryl methyl sites for hydroxylation is 2. The summed E-state index contributed by atoms with van der Waals surface area (Å²) in [7, 11) is 5.84. The van der Waals surface area contributed by atoms with Crippen LogP contribution < -0.4 is 9.80 Å². The van der Waals surface area contributed by atoms with E-state index in [9.17, 15) is 9.59 Å². The van der Waals surface area contributed by atoms with E-state index >= 15 is 0 Å². The number of amides is 2. The molecule has 29 heavy (non-hydrogen) atoms. The molecule has 1 aliphatic carbocycles. The van der Waals surface area contributed by atoms with E-state index in [1.165, 1.54) is 17.5 Å². The Morgan fingerprint density at radius 3 is 2.48 bits per heavy atom. The minimum absolute atomic E-state index is 0.0405. The van der Waals surface area contributed by atoms with Crippen molar-refractivity contribution in [3.63, 3.8) is 0 Å². The Labute approximate surface area is 172 Å². The topological polar surface area (TPSA) is 43.9 Å². The number of hydrogen-bond acceptors (Lipinski definition) is 3. The van der Waals surface area contributed by atoms with Crippen LogP contribution in [0.15, 0.2) is 42.5 Å². The third kappa shape index (κ3) is 4.00. The van der Waals surface area contributed by atoms with Crippen molar-refractivity contribution in [2.45, 2.75) is 32.2 Å². The van der Waals surface area contributed by atoms with E-state index in [-0.39, 0.29) is 17.7 Å². The van der Waals surface area contributed by atoms with Crippen LogP contribution in [0.2, 0.25) is 0 Å². The highest BCUT2D eigenvalue weighted by Gasteiger charge is 2.36. The number of rotatable bonds is 5. The van der Waals surface area contributed by atoms with Gasteiger partial charge in [0.25, 0.3) is 0 Å². The lowest BCUT2D eigenvalue weighted by atomic mass is 10.1. The first kappa shape index (κ1) is 19.5. The zero-order valence-electron chi connectivity index (χ0n) is 17.5. The Morgan fingerprint density at radius 1 is 1.03 bits per heavy atom. The fourth-order valence-electron chi connectivity index (χ4n) is 4.41. The van der Waals surface area contributed by atoms with Gasteiger partial charge in [-0.1, -0.05) is 18.2 Å². The molecule has 5 heteroatoms.